The third-order valence-electron chi connectivity index (χ3n) is 4.07. The minimum Gasteiger partial charge on any atom is -0.493 e. The Morgan fingerprint density at radius 3 is 2.62 bits per heavy atom. The first-order valence-corrected chi connectivity index (χ1v) is 7.45. The number of benzene rings is 1. The molecule has 0 aliphatic carbocycles. The van der Waals surface area contributed by atoms with Gasteiger partial charge < -0.3 is 14.7 Å². The molecular formula is C16H24N2O3. The molecule has 0 saturated carbocycles. The molecule has 2 rings (SSSR count). The van der Waals surface area contributed by atoms with Crippen LogP contribution in [0.25, 0.3) is 0 Å². The highest BCUT2D eigenvalue weighted by Gasteiger charge is 2.19. The summed E-state index contributed by atoms with van der Waals surface area (Å²) in [6.45, 7) is 7.13. The summed E-state index contributed by atoms with van der Waals surface area (Å²) in [5.74, 6) is -0.492. The van der Waals surface area contributed by atoms with E-state index >= 15 is 0 Å². The van der Waals surface area contributed by atoms with E-state index in [-0.39, 0.29) is 5.56 Å². The molecule has 0 radical (unpaired) electrons. The van der Waals surface area contributed by atoms with E-state index in [1.165, 1.54) is 0 Å². The zero-order valence-electron chi connectivity index (χ0n) is 12.8. The lowest BCUT2D eigenvalue weighted by atomic mass is 10.1. The predicted molar refractivity (Wildman–Crippen MR) is 82.0 cm³/mol. The fourth-order valence-electron chi connectivity index (χ4n) is 2.55. The summed E-state index contributed by atoms with van der Waals surface area (Å²) in [5, 5.41) is 9.11. The SMILES string of the molecule is CC(CCOc1ccccc1C(=O)O)N1CCN(C)CC1. The van der Waals surface area contributed by atoms with Gasteiger partial charge in [-0.25, -0.2) is 4.79 Å². The van der Waals surface area contributed by atoms with E-state index in [0.29, 0.717) is 18.4 Å². The van der Waals surface area contributed by atoms with Crippen molar-refractivity contribution in [2.24, 2.45) is 0 Å². The second kappa shape index (κ2) is 7.43. The van der Waals surface area contributed by atoms with Gasteiger partial charge in [-0.15, -0.1) is 0 Å². The molecule has 21 heavy (non-hydrogen) atoms. The van der Waals surface area contributed by atoms with E-state index in [1.807, 2.05) is 0 Å². The summed E-state index contributed by atoms with van der Waals surface area (Å²) < 4.78 is 5.66. The lowest BCUT2D eigenvalue weighted by molar-refractivity contribution is 0.0691. The number of piperazine rings is 1. The van der Waals surface area contributed by atoms with Crippen LogP contribution in [0.2, 0.25) is 0 Å². The second-order valence-electron chi connectivity index (χ2n) is 5.63. The molecule has 1 unspecified atom stereocenters. The summed E-state index contributed by atoms with van der Waals surface area (Å²) in [5.41, 5.74) is 0.227. The van der Waals surface area contributed by atoms with Crippen LogP contribution in [0.5, 0.6) is 5.75 Å². The van der Waals surface area contributed by atoms with E-state index in [0.717, 1.165) is 32.6 Å². The number of nitrogens with zero attached hydrogens (tertiary/aromatic N) is 2. The Balaban J connectivity index is 1.80. The molecular weight excluding hydrogens is 268 g/mol. The average Bonchev–Trinajstić information content (AvgIpc) is 2.48. The summed E-state index contributed by atoms with van der Waals surface area (Å²) in [4.78, 5) is 15.9. The van der Waals surface area contributed by atoms with Gasteiger partial charge in [0.2, 0.25) is 0 Å². The lowest BCUT2D eigenvalue weighted by Gasteiger charge is -2.36. The molecule has 0 spiro atoms. The summed E-state index contributed by atoms with van der Waals surface area (Å²) in [7, 11) is 2.15. The topological polar surface area (TPSA) is 53.0 Å². The van der Waals surface area contributed by atoms with Gasteiger partial charge in [-0.2, -0.15) is 0 Å². The van der Waals surface area contributed by atoms with Crippen molar-refractivity contribution >= 4 is 5.97 Å². The van der Waals surface area contributed by atoms with Crippen LogP contribution in [0.1, 0.15) is 23.7 Å². The van der Waals surface area contributed by atoms with Gasteiger partial charge in [0.25, 0.3) is 0 Å². The highest BCUT2D eigenvalue weighted by atomic mass is 16.5. The predicted octanol–water partition coefficient (Wildman–Crippen LogP) is 1.79. The summed E-state index contributed by atoms with van der Waals surface area (Å²) >= 11 is 0. The van der Waals surface area contributed by atoms with Gasteiger partial charge >= 0.3 is 5.97 Å². The van der Waals surface area contributed by atoms with Crippen molar-refractivity contribution in [2.75, 3.05) is 39.8 Å². The van der Waals surface area contributed by atoms with Crippen molar-refractivity contribution in [3.63, 3.8) is 0 Å². The Morgan fingerprint density at radius 2 is 1.95 bits per heavy atom. The van der Waals surface area contributed by atoms with E-state index < -0.39 is 5.97 Å². The molecule has 1 fully saturated rings. The van der Waals surface area contributed by atoms with E-state index in [2.05, 4.69) is 23.8 Å². The number of rotatable bonds is 6. The average molecular weight is 292 g/mol. The number of likely N-dealkylation sites (N-methyl/N-ethyl adjacent to an activating group) is 1. The summed E-state index contributed by atoms with van der Waals surface area (Å²) in [6.07, 6.45) is 0.900. The van der Waals surface area contributed by atoms with E-state index in [4.69, 9.17) is 9.84 Å². The van der Waals surface area contributed by atoms with Crippen molar-refractivity contribution < 1.29 is 14.6 Å². The zero-order chi connectivity index (χ0) is 15.2. The minimum absolute atomic E-state index is 0.227. The first kappa shape index (κ1) is 15.8. The molecule has 0 amide bonds. The number of hydrogen-bond donors (Lipinski definition) is 1. The van der Waals surface area contributed by atoms with Crippen LogP contribution in [0.4, 0.5) is 0 Å². The molecule has 1 aromatic carbocycles. The molecule has 1 heterocycles. The minimum atomic E-state index is -0.947. The first-order valence-electron chi connectivity index (χ1n) is 7.45. The number of ether oxygens (including phenoxy) is 1. The maximum Gasteiger partial charge on any atom is 0.339 e. The van der Waals surface area contributed by atoms with Gasteiger partial charge in [0.1, 0.15) is 11.3 Å². The lowest BCUT2D eigenvalue weighted by Crippen LogP contribution is -2.48. The molecule has 1 aromatic rings. The Bertz CT molecular complexity index is 470. The number of carboxylic acid groups (broad SMARTS) is 1. The van der Waals surface area contributed by atoms with Crippen LogP contribution in [0.3, 0.4) is 0 Å². The van der Waals surface area contributed by atoms with E-state index in [9.17, 15) is 4.79 Å². The molecule has 1 aliphatic rings. The van der Waals surface area contributed by atoms with Crippen molar-refractivity contribution in [1.82, 2.24) is 9.80 Å². The Hall–Kier alpha value is -1.59. The van der Waals surface area contributed by atoms with Crippen LogP contribution < -0.4 is 4.74 Å². The number of para-hydroxylation sites is 1. The van der Waals surface area contributed by atoms with E-state index in [1.54, 1.807) is 24.3 Å². The summed E-state index contributed by atoms with van der Waals surface area (Å²) in [6, 6.07) is 7.25. The quantitative estimate of drug-likeness (QED) is 0.866. The fourth-order valence-corrected chi connectivity index (χ4v) is 2.55. The third-order valence-corrected chi connectivity index (χ3v) is 4.07. The fraction of sp³-hybridized carbons (Fsp3) is 0.562. The van der Waals surface area contributed by atoms with Gasteiger partial charge in [0.05, 0.1) is 6.61 Å². The highest BCUT2D eigenvalue weighted by molar-refractivity contribution is 5.90. The molecule has 1 saturated heterocycles. The third kappa shape index (κ3) is 4.44. The van der Waals surface area contributed by atoms with Crippen molar-refractivity contribution in [2.45, 2.75) is 19.4 Å². The first-order chi connectivity index (χ1) is 10.1. The smallest absolute Gasteiger partial charge is 0.339 e. The number of aromatic carboxylic acids is 1. The molecule has 0 bridgehead atoms. The maximum absolute atomic E-state index is 11.1. The van der Waals surface area contributed by atoms with Gasteiger partial charge in [0.15, 0.2) is 0 Å². The molecule has 1 atom stereocenters. The monoisotopic (exact) mass is 292 g/mol. The molecule has 5 nitrogen and oxygen atoms in total. The molecule has 1 aliphatic heterocycles. The maximum atomic E-state index is 11.1. The molecule has 5 heteroatoms. The van der Waals surface area contributed by atoms with Crippen LogP contribution in [-0.2, 0) is 0 Å². The van der Waals surface area contributed by atoms with Crippen LogP contribution in [0.15, 0.2) is 24.3 Å². The van der Waals surface area contributed by atoms with Crippen LogP contribution in [-0.4, -0.2) is 66.8 Å². The number of carbonyl (C=O) groups is 1. The van der Waals surface area contributed by atoms with Crippen LogP contribution in [0, 0.1) is 0 Å². The molecule has 1 N–H and O–H groups in total. The Labute approximate surface area is 126 Å². The second-order valence-corrected chi connectivity index (χ2v) is 5.63. The van der Waals surface area contributed by atoms with Gasteiger partial charge in [-0.05, 0) is 32.5 Å². The van der Waals surface area contributed by atoms with Crippen molar-refractivity contribution in [3.8, 4) is 5.75 Å². The molecule has 0 aromatic heterocycles. The normalized spacial score (nSPS) is 18.4. The largest absolute Gasteiger partial charge is 0.493 e. The van der Waals surface area contributed by atoms with Crippen molar-refractivity contribution in [1.29, 1.82) is 0 Å². The van der Waals surface area contributed by atoms with Gasteiger partial charge in [0, 0.05) is 32.2 Å². The zero-order valence-corrected chi connectivity index (χ0v) is 12.8. The van der Waals surface area contributed by atoms with Gasteiger partial charge in [-0.1, -0.05) is 12.1 Å². The van der Waals surface area contributed by atoms with Gasteiger partial charge in [-0.3, -0.25) is 4.90 Å². The Morgan fingerprint density at radius 1 is 1.29 bits per heavy atom. The van der Waals surface area contributed by atoms with Crippen LogP contribution >= 0.6 is 0 Å². The van der Waals surface area contributed by atoms with Crippen molar-refractivity contribution in [3.05, 3.63) is 29.8 Å². The Kier molecular flexibility index (Phi) is 5.59. The number of carboxylic acids is 1. The highest BCUT2D eigenvalue weighted by Crippen LogP contribution is 2.18. The molecule has 116 valence electrons. The number of hydrogen-bond acceptors (Lipinski definition) is 4. The standard InChI is InChI=1S/C16H24N2O3/c1-13(18-10-8-17(2)9-11-18)7-12-21-15-6-4-3-5-14(15)16(19)20/h3-6,13H,7-12H2,1-2H3,(H,19,20).